The van der Waals surface area contributed by atoms with E-state index in [2.05, 4.69) is 25.3 Å². The largest absolute Gasteiger partial charge is 0.340 e. The van der Waals surface area contributed by atoms with Gasteiger partial charge in [-0.25, -0.2) is 31.7 Å². The molecule has 4 rings (SSSR count). The Morgan fingerprint density at radius 1 is 1.00 bits per heavy atom. The summed E-state index contributed by atoms with van der Waals surface area (Å²) in [5.41, 5.74) is 4.22. The number of aryl methyl sites for hydroxylation is 2. The average molecular weight is 489 g/mol. The van der Waals surface area contributed by atoms with Crippen molar-refractivity contribution in [2.24, 2.45) is 5.14 Å². The van der Waals surface area contributed by atoms with Gasteiger partial charge in [-0.1, -0.05) is 6.07 Å². The lowest BCUT2D eigenvalue weighted by Gasteiger charge is -2.14. The zero-order valence-electron chi connectivity index (χ0n) is 18.0. The monoisotopic (exact) mass is 488 g/mol. The number of rotatable bonds is 7. The molecule has 1 atom stereocenters. The Balaban J connectivity index is 1.53. The first kappa shape index (κ1) is 23.1. The van der Waals surface area contributed by atoms with Crippen molar-refractivity contribution in [3.63, 3.8) is 0 Å². The van der Waals surface area contributed by atoms with Crippen LogP contribution in [0.5, 0.6) is 0 Å². The number of nitrogens with one attached hydrogen (secondary N) is 3. The van der Waals surface area contributed by atoms with Gasteiger partial charge in [0, 0.05) is 29.2 Å². The number of hydrogen-bond acceptors (Lipinski definition) is 8. The summed E-state index contributed by atoms with van der Waals surface area (Å²) >= 11 is 0. The van der Waals surface area contributed by atoms with Crippen molar-refractivity contribution >= 4 is 43.2 Å². The van der Waals surface area contributed by atoms with Crippen LogP contribution < -0.4 is 20.5 Å². The summed E-state index contributed by atoms with van der Waals surface area (Å²) in [6, 6.07) is 11.6. The van der Waals surface area contributed by atoms with Gasteiger partial charge in [0.15, 0.2) is 0 Å². The van der Waals surface area contributed by atoms with Crippen LogP contribution in [0.1, 0.15) is 29.2 Å². The molecule has 0 spiro atoms. The molecule has 0 aliphatic heterocycles. The maximum Gasteiger partial charge on any atom is 0.238 e. The fourth-order valence-corrected chi connectivity index (χ4v) is 4.96. The van der Waals surface area contributed by atoms with Gasteiger partial charge in [0.05, 0.1) is 11.2 Å². The molecule has 0 bridgehead atoms. The zero-order valence-corrected chi connectivity index (χ0v) is 19.7. The molecule has 1 aliphatic rings. The van der Waals surface area contributed by atoms with Crippen LogP contribution in [0.3, 0.4) is 0 Å². The van der Waals surface area contributed by atoms with Crippen molar-refractivity contribution < 1.29 is 16.8 Å². The lowest BCUT2D eigenvalue weighted by Crippen LogP contribution is -2.25. The van der Waals surface area contributed by atoms with E-state index in [-0.39, 0.29) is 10.9 Å². The molecule has 0 saturated carbocycles. The zero-order chi connectivity index (χ0) is 23.8. The Hall–Kier alpha value is -3.06. The first-order valence-electron chi connectivity index (χ1n) is 10.1. The highest BCUT2D eigenvalue weighted by molar-refractivity contribution is 7.89. The molecule has 5 N–H and O–H groups in total. The second kappa shape index (κ2) is 8.71. The smallest absolute Gasteiger partial charge is 0.238 e. The van der Waals surface area contributed by atoms with E-state index in [1.165, 1.54) is 12.1 Å². The summed E-state index contributed by atoms with van der Waals surface area (Å²) in [7, 11) is -7.08. The van der Waals surface area contributed by atoms with E-state index in [1.807, 2.05) is 25.1 Å². The molecule has 1 aromatic heterocycles. The fourth-order valence-electron chi connectivity index (χ4n) is 3.68. The minimum Gasteiger partial charge on any atom is -0.340 e. The van der Waals surface area contributed by atoms with Crippen LogP contribution in [0.25, 0.3) is 0 Å². The van der Waals surface area contributed by atoms with Crippen LogP contribution in [0, 0.1) is 6.92 Å². The van der Waals surface area contributed by atoms with Gasteiger partial charge in [-0.05, 0) is 67.3 Å². The highest BCUT2D eigenvalue weighted by atomic mass is 32.2. The maximum absolute atomic E-state index is 11.7. The number of nitrogens with zero attached hydrogens (tertiary/aromatic N) is 2. The third-order valence-corrected chi connectivity index (χ3v) is 6.90. The van der Waals surface area contributed by atoms with E-state index in [0.29, 0.717) is 23.9 Å². The van der Waals surface area contributed by atoms with Crippen molar-refractivity contribution in [1.29, 1.82) is 0 Å². The Bertz CT molecular complexity index is 1410. The molecule has 0 fully saturated rings. The molecular weight excluding hydrogens is 464 g/mol. The lowest BCUT2D eigenvalue weighted by atomic mass is 10.1. The lowest BCUT2D eigenvalue weighted by molar-refractivity contribution is 0.560. The van der Waals surface area contributed by atoms with Gasteiger partial charge in [-0.15, -0.1) is 0 Å². The molecule has 0 radical (unpaired) electrons. The minimum atomic E-state index is -3.76. The van der Waals surface area contributed by atoms with E-state index in [0.717, 1.165) is 35.1 Å². The van der Waals surface area contributed by atoms with Crippen LogP contribution in [0.4, 0.5) is 23.1 Å². The summed E-state index contributed by atoms with van der Waals surface area (Å²) in [5, 5.41) is 11.5. The number of sulfonamides is 2. The van der Waals surface area contributed by atoms with Crippen LogP contribution in [0.15, 0.2) is 53.6 Å². The predicted molar refractivity (Wildman–Crippen MR) is 127 cm³/mol. The van der Waals surface area contributed by atoms with E-state index < -0.39 is 20.0 Å². The molecule has 0 saturated heterocycles. The summed E-state index contributed by atoms with van der Waals surface area (Å²) in [6.07, 6.45) is 4.34. The van der Waals surface area contributed by atoms with Crippen LogP contribution in [-0.4, -0.2) is 33.1 Å². The third kappa shape index (κ3) is 5.66. The van der Waals surface area contributed by atoms with Gasteiger partial charge in [-0.2, -0.15) is 4.98 Å². The third-order valence-electron chi connectivity index (χ3n) is 5.25. The molecule has 3 aromatic rings. The molecule has 1 aliphatic carbocycles. The number of benzene rings is 2. The quantitative estimate of drug-likeness (QED) is 0.395. The van der Waals surface area contributed by atoms with Gasteiger partial charge in [-0.3, -0.25) is 0 Å². The number of fused-ring (bicyclic) bond motifs is 1. The van der Waals surface area contributed by atoms with Gasteiger partial charge in [0.25, 0.3) is 0 Å². The summed E-state index contributed by atoms with van der Waals surface area (Å²) < 4.78 is 48.9. The van der Waals surface area contributed by atoms with Crippen molar-refractivity contribution in [3.05, 3.63) is 65.4 Å². The second-order valence-electron chi connectivity index (χ2n) is 7.94. The molecule has 1 heterocycles. The predicted octanol–water partition coefficient (Wildman–Crippen LogP) is 2.46. The number of nitrogens with two attached hydrogens (primary N) is 1. The molecule has 33 heavy (non-hydrogen) atoms. The molecule has 12 heteroatoms. The highest BCUT2D eigenvalue weighted by Crippen LogP contribution is 2.34. The number of aromatic nitrogens is 2. The molecule has 1 unspecified atom stereocenters. The van der Waals surface area contributed by atoms with E-state index in [4.69, 9.17) is 5.14 Å². The summed E-state index contributed by atoms with van der Waals surface area (Å²) in [5.74, 6) is 0.906. The fraction of sp³-hybridized carbons (Fsp3) is 0.238. The summed E-state index contributed by atoms with van der Waals surface area (Å²) in [6.45, 7) is 1.85. The van der Waals surface area contributed by atoms with Crippen molar-refractivity contribution in [2.75, 3.05) is 16.9 Å². The van der Waals surface area contributed by atoms with Gasteiger partial charge in [0.2, 0.25) is 26.0 Å². The first-order chi connectivity index (χ1) is 15.5. The van der Waals surface area contributed by atoms with Crippen LogP contribution in [0.2, 0.25) is 0 Å². The van der Waals surface area contributed by atoms with Crippen molar-refractivity contribution in [1.82, 2.24) is 14.7 Å². The molecular formula is C21H24N6O4S2. The van der Waals surface area contributed by atoms with Gasteiger partial charge >= 0.3 is 0 Å². The molecule has 2 aromatic carbocycles. The second-order valence-corrected chi connectivity index (χ2v) is 11.3. The normalized spacial score (nSPS) is 15.8. The van der Waals surface area contributed by atoms with E-state index in [1.54, 1.807) is 18.3 Å². The van der Waals surface area contributed by atoms with Crippen LogP contribution >= 0.6 is 0 Å². The molecule has 0 amide bonds. The van der Waals surface area contributed by atoms with E-state index >= 15 is 0 Å². The standard InChI is InChI=1S/C21H24N6O4S2/c1-13-12-23-21(26-20(13)24-15-6-8-17(9-7-15)33(22,30)31)25-16-5-3-14-4-10-19(18(14)11-16)27-32(2,28)29/h3,5-9,11-12,19,27H,4,10H2,1-2H3,(H2,22,30,31)(H2,23,24,25,26). The molecule has 10 nitrogen and oxygen atoms in total. The van der Waals surface area contributed by atoms with E-state index in [9.17, 15) is 16.8 Å². The highest BCUT2D eigenvalue weighted by Gasteiger charge is 2.25. The minimum absolute atomic E-state index is 0.0232. The van der Waals surface area contributed by atoms with Gasteiger partial charge in [0.1, 0.15) is 5.82 Å². The number of hydrogen-bond donors (Lipinski definition) is 4. The summed E-state index contributed by atoms with van der Waals surface area (Å²) in [4.78, 5) is 8.87. The Morgan fingerprint density at radius 2 is 1.70 bits per heavy atom. The average Bonchev–Trinajstić information content (AvgIpc) is 3.11. The number of primary sulfonamides is 1. The van der Waals surface area contributed by atoms with Crippen molar-refractivity contribution in [3.8, 4) is 0 Å². The Labute approximate surface area is 192 Å². The SMILES string of the molecule is Cc1cnc(Nc2ccc3c(c2)C(NS(C)(=O)=O)CC3)nc1Nc1ccc(S(N)(=O)=O)cc1. The number of anilines is 4. The first-order valence-corrected chi connectivity index (χ1v) is 13.5. The Morgan fingerprint density at radius 3 is 2.36 bits per heavy atom. The Kier molecular flexibility index (Phi) is 6.10. The maximum atomic E-state index is 11.7. The van der Waals surface area contributed by atoms with Gasteiger partial charge < -0.3 is 10.6 Å². The van der Waals surface area contributed by atoms with Crippen molar-refractivity contribution in [2.45, 2.75) is 30.7 Å². The van der Waals surface area contributed by atoms with Crippen LogP contribution in [-0.2, 0) is 26.5 Å². The molecule has 174 valence electrons. The topological polar surface area (TPSA) is 156 Å².